The number of amides is 1. The van der Waals surface area contributed by atoms with Gasteiger partial charge in [0.25, 0.3) is 6.43 Å². The molecule has 2 N–H and O–H groups in total. The predicted octanol–water partition coefficient (Wildman–Crippen LogP) is 0.998. The molecule has 0 aromatic carbocycles. The molecule has 0 heterocycles. The minimum absolute atomic E-state index is 0.170. The first-order valence-electron chi connectivity index (χ1n) is 5.84. The van der Waals surface area contributed by atoms with Gasteiger partial charge in [-0.1, -0.05) is 0 Å². The van der Waals surface area contributed by atoms with Gasteiger partial charge in [-0.3, -0.25) is 4.79 Å². The van der Waals surface area contributed by atoms with Gasteiger partial charge in [-0.25, -0.2) is 8.78 Å². The number of methoxy groups -OCH3 is 1. The number of halogens is 2. The third-order valence-corrected chi connectivity index (χ3v) is 3.28. The van der Waals surface area contributed by atoms with Crippen LogP contribution in [-0.4, -0.2) is 49.6 Å². The van der Waals surface area contributed by atoms with Gasteiger partial charge in [0.15, 0.2) is 0 Å². The molecule has 1 saturated carbocycles. The van der Waals surface area contributed by atoms with E-state index in [4.69, 9.17) is 10.5 Å². The standard InChI is InChI=1S/C11H20F2N2O2/c1-17-11(3-2-4-11)7-10(16)15(6-5-14)8-9(12)13/h9H,2-8,14H2,1H3. The Morgan fingerprint density at radius 1 is 1.53 bits per heavy atom. The lowest BCUT2D eigenvalue weighted by Crippen LogP contribution is -2.47. The highest BCUT2D eigenvalue weighted by molar-refractivity contribution is 5.77. The van der Waals surface area contributed by atoms with Gasteiger partial charge < -0.3 is 15.4 Å². The van der Waals surface area contributed by atoms with Crippen molar-refractivity contribution in [2.45, 2.75) is 37.7 Å². The highest BCUT2D eigenvalue weighted by Crippen LogP contribution is 2.38. The van der Waals surface area contributed by atoms with Crippen molar-refractivity contribution in [2.75, 3.05) is 26.7 Å². The number of hydrogen-bond acceptors (Lipinski definition) is 3. The Kier molecular flexibility index (Phi) is 5.27. The van der Waals surface area contributed by atoms with Crippen LogP contribution < -0.4 is 5.73 Å². The molecule has 1 rings (SSSR count). The molecule has 6 heteroatoms. The Bertz CT molecular complexity index is 252. The number of nitrogens with two attached hydrogens (primary N) is 1. The van der Waals surface area contributed by atoms with Gasteiger partial charge in [-0.05, 0) is 19.3 Å². The summed E-state index contributed by atoms with van der Waals surface area (Å²) in [7, 11) is 1.56. The number of carbonyl (C=O) groups excluding carboxylic acids is 1. The highest BCUT2D eigenvalue weighted by Gasteiger charge is 2.40. The van der Waals surface area contributed by atoms with E-state index in [0.717, 1.165) is 24.2 Å². The summed E-state index contributed by atoms with van der Waals surface area (Å²) < 4.78 is 29.9. The number of alkyl halides is 2. The number of carbonyl (C=O) groups is 1. The van der Waals surface area contributed by atoms with Crippen LogP contribution in [0.25, 0.3) is 0 Å². The summed E-state index contributed by atoms with van der Waals surface area (Å²) in [6.45, 7) is -0.183. The molecule has 0 saturated heterocycles. The summed E-state index contributed by atoms with van der Waals surface area (Å²) >= 11 is 0. The van der Waals surface area contributed by atoms with Crippen molar-refractivity contribution < 1.29 is 18.3 Å². The molecule has 1 amide bonds. The van der Waals surface area contributed by atoms with E-state index in [1.54, 1.807) is 7.11 Å². The van der Waals surface area contributed by atoms with Crippen molar-refractivity contribution in [1.29, 1.82) is 0 Å². The van der Waals surface area contributed by atoms with Crippen LogP contribution in [0.15, 0.2) is 0 Å². The van der Waals surface area contributed by atoms with Crippen LogP contribution in [0.2, 0.25) is 0 Å². The topological polar surface area (TPSA) is 55.6 Å². The Labute approximate surface area is 100 Å². The molecule has 0 aromatic rings. The zero-order valence-corrected chi connectivity index (χ0v) is 10.1. The van der Waals surface area contributed by atoms with Crippen LogP contribution >= 0.6 is 0 Å². The molecule has 17 heavy (non-hydrogen) atoms. The number of nitrogens with zero attached hydrogens (tertiary/aromatic N) is 1. The lowest BCUT2D eigenvalue weighted by atomic mass is 9.77. The Morgan fingerprint density at radius 2 is 2.18 bits per heavy atom. The summed E-state index contributed by atoms with van der Waals surface area (Å²) in [5.74, 6) is -0.294. The molecule has 0 unspecified atom stereocenters. The monoisotopic (exact) mass is 250 g/mol. The summed E-state index contributed by atoms with van der Waals surface area (Å²) in [5.41, 5.74) is 4.89. The second-order valence-electron chi connectivity index (χ2n) is 4.44. The first-order valence-corrected chi connectivity index (χ1v) is 5.84. The quantitative estimate of drug-likeness (QED) is 0.733. The molecule has 1 aliphatic rings. The van der Waals surface area contributed by atoms with E-state index in [9.17, 15) is 13.6 Å². The molecule has 0 aliphatic heterocycles. The van der Waals surface area contributed by atoms with E-state index >= 15 is 0 Å². The first kappa shape index (κ1) is 14.3. The van der Waals surface area contributed by atoms with Gasteiger partial charge in [0, 0.05) is 20.2 Å². The molecular weight excluding hydrogens is 230 g/mol. The van der Waals surface area contributed by atoms with Gasteiger partial charge in [0.05, 0.1) is 18.6 Å². The number of ether oxygens (including phenoxy) is 1. The number of rotatable bonds is 7. The summed E-state index contributed by atoms with van der Waals surface area (Å²) in [5, 5.41) is 0. The van der Waals surface area contributed by atoms with Crippen molar-refractivity contribution in [3.8, 4) is 0 Å². The van der Waals surface area contributed by atoms with Crippen LogP contribution in [-0.2, 0) is 9.53 Å². The van der Waals surface area contributed by atoms with Gasteiger partial charge >= 0.3 is 0 Å². The Morgan fingerprint density at radius 3 is 2.53 bits per heavy atom. The fourth-order valence-corrected chi connectivity index (χ4v) is 2.05. The van der Waals surface area contributed by atoms with Crippen LogP contribution in [0, 0.1) is 0 Å². The van der Waals surface area contributed by atoms with Gasteiger partial charge in [0.1, 0.15) is 0 Å². The molecule has 0 bridgehead atoms. The second kappa shape index (κ2) is 6.26. The van der Waals surface area contributed by atoms with Crippen molar-refractivity contribution in [3.63, 3.8) is 0 Å². The lowest BCUT2D eigenvalue weighted by molar-refractivity contribution is -0.145. The average molecular weight is 250 g/mol. The third kappa shape index (κ3) is 3.89. The minimum Gasteiger partial charge on any atom is -0.378 e. The molecule has 4 nitrogen and oxygen atoms in total. The Hall–Kier alpha value is -0.750. The summed E-state index contributed by atoms with van der Waals surface area (Å²) in [6.07, 6.45) is 0.314. The van der Waals surface area contributed by atoms with Crippen LogP contribution in [0.4, 0.5) is 8.78 Å². The zero-order valence-electron chi connectivity index (χ0n) is 10.1. The summed E-state index contributed by atoms with van der Waals surface area (Å²) in [6, 6.07) is 0. The molecule has 1 fully saturated rings. The van der Waals surface area contributed by atoms with Crippen LogP contribution in [0.1, 0.15) is 25.7 Å². The van der Waals surface area contributed by atoms with Crippen molar-refractivity contribution in [1.82, 2.24) is 4.90 Å². The predicted molar refractivity (Wildman–Crippen MR) is 59.8 cm³/mol. The minimum atomic E-state index is -2.52. The molecule has 0 aromatic heterocycles. The van der Waals surface area contributed by atoms with Gasteiger partial charge in [0.2, 0.25) is 5.91 Å². The van der Waals surface area contributed by atoms with E-state index in [-0.39, 0.29) is 25.4 Å². The maximum absolute atomic E-state index is 12.3. The van der Waals surface area contributed by atoms with Gasteiger partial charge in [-0.15, -0.1) is 0 Å². The first-order chi connectivity index (χ1) is 8.03. The van der Waals surface area contributed by atoms with E-state index in [2.05, 4.69) is 0 Å². The number of hydrogen-bond donors (Lipinski definition) is 1. The Balaban J connectivity index is 2.52. The van der Waals surface area contributed by atoms with Gasteiger partial charge in [-0.2, -0.15) is 0 Å². The third-order valence-electron chi connectivity index (χ3n) is 3.28. The smallest absolute Gasteiger partial charge is 0.255 e. The van der Waals surface area contributed by atoms with Crippen molar-refractivity contribution in [2.24, 2.45) is 5.73 Å². The average Bonchev–Trinajstić information content (AvgIpc) is 2.22. The normalized spacial score (nSPS) is 17.9. The lowest BCUT2D eigenvalue weighted by Gasteiger charge is -2.41. The van der Waals surface area contributed by atoms with Crippen molar-refractivity contribution in [3.05, 3.63) is 0 Å². The molecule has 0 radical (unpaired) electrons. The van der Waals surface area contributed by atoms with E-state index in [1.165, 1.54) is 0 Å². The van der Waals surface area contributed by atoms with Crippen LogP contribution in [0.5, 0.6) is 0 Å². The van der Waals surface area contributed by atoms with Crippen LogP contribution in [0.3, 0.4) is 0 Å². The second-order valence-corrected chi connectivity index (χ2v) is 4.44. The largest absolute Gasteiger partial charge is 0.378 e. The van der Waals surface area contributed by atoms with E-state index < -0.39 is 18.6 Å². The van der Waals surface area contributed by atoms with Crippen molar-refractivity contribution >= 4 is 5.91 Å². The molecule has 0 spiro atoms. The molecular formula is C11H20F2N2O2. The fourth-order valence-electron chi connectivity index (χ4n) is 2.05. The molecule has 1 aliphatic carbocycles. The van der Waals surface area contributed by atoms with E-state index in [0.29, 0.717) is 0 Å². The summed E-state index contributed by atoms with van der Waals surface area (Å²) in [4.78, 5) is 13.0. The zero-order chi connectivity index (χ0) is 12.9. The highest BCUT2D eigenvalue weighted by atomic mass is 19.3. The van der Waals surface area contributed by atoms with E-state index in [1.807, 2.05) is 0 Å². The molecule has 100 valence electrons. The fraction of sp³-hybridized carbons (Fsp3) is 0.909. The maximum Gasteiger partial charge on any atom is 0.255 e. The molecule has 0 atom stereocenters. The SMILES string of the molecule is COC1(CC(=O)N(CCN)CC(F)F)CCC1. The maximum atomic E-state index is 12.3.